The number of aromatic nitrogens is 2. The van der Waals surface area contributed by atoms with Gasteiger partial charge < -0.3 is 5.11 Å². The lowest BCUT2D eigenvalue weighted by atomic mass is 10.1. The van der Waals surface area contributed by atoms with Gasteiger partial charge in [0.1, 0.15) is 0 Å². The van der Waals surface area contributed by atoms with Gasteiger partial charge in [0, 0.05) is 43.8 Å². The highest BCUT2D eigenvalue weighted by atomic mass is 32.1. The summed E-state index contributed by atoms with van der Waals surface area (Å²) in [5.74, 6) is 0. The van der Waals surface area contributed by atoms with E-state index in [0.717, 1.165) is 38.3 Å². The van der Waals surface area contributed by atoms with Crippen LogP contribution in [0, 0.1) is 0 Å². The lowest BCUT2D eigenvalue weighted by Gasteiger charge is -2.42. The number of H-pyrrole nitrogens is 1. The van der Waals surface area contributed by atoms with Gasteiger partial charge in [-0.15, -0.1) is 11.3 Å². The van der Waals surface area contributed by atoms with Crippen LogP contribution in [0.25, 0.3) is 10.6 Å². The Morgan fingerprint density at radius 3 is 3.14 bits per heavy atom. The zero-order chi connectivity index (χ0) is 15.1. The van der Waals surface area contributed by atoms with E-state index in [0.29, 0.717) is 12.1 Å². The molecule has 0 unspecified atom stereocenters. The lowest BCUT2D eigenvalue weighted by molar-refractivity contribution is 0.0530. The van der Waals surface area contributed by atoms with Crippen LogP contribution in [0.2, 0.25) is 0 Å². The van der Waals surface area contributed by atoms with Crippen molar-refractivity contribution in [3.05, 3.63) is 29.3 Å². The molecule has 118 valence electrons. The smallest absolute Gasteiger partial charge is 0.0794 e. The molecule has 2 aliphatic rings. The molecule has 0 spiro atoms. The topological polar surface area (TPSA) is 55.4 Å². The third kappa shape index (κ3) is 2.60. The van der Waals surface area contributed by atoms with Gasteiger partial charge in [0.2, 0.25) is 0 Å². The van der Waals surface area contributed by atoms with E-state index in [-0.39, 0.29) is 6.10 Å². The molecule has 5 nitrogen and oxygen atoms in total. The molecule has 2 N–H and O–H groups in total. The van der Waals surface area contributed by atoms with Crippen molar-refractivity contribution in [2.75, 3.05) is 19.6 Å². The highest BCUT2D eigenvalue weighted by molar-refractivity contribution is 7.13. The van der Waals surface area contributed by atoms with Gasteiger partial charge >= 0.3 is 0 Å². The van der Waals surface area contributed by atoms with Gasteiger partial charge in [-0.2, -0.15) is 5.10 Å². The molecule has 0 bridgehead atoms. The third-order valence-corrected chi connectivity index (χ3v) is 5.82. The van der Waals surface area contributed by atoms with Gasteiger partial charge in [0.15, 0.2) is 0 Å². The summed E-state index contributed by atoms with van der Waals surface area (Å²) in [4.78, 5) is 6.22. The number of rotatable bonds is 3. The summed E-state index contributed by atoms with van der Waals surface area (Å²) in [5.41, 5.74) is 2.41. The number of hydrogen-bond donors (Lipinski definition) is 2. The second-order valence-electron chi connectivity index (χ2n) is 6.52. The van der Waals surface area contributed by atoms with E-state index >= 15 is 0 Å². The average Bonchev–Trinajstić information content (AvgIpc) is 3.18. The largest absolute Gasteiger partial charge is 0.392 e. The van der Waals surface area contributed by atoms with E-state index in [9.17, 15) is 5.11 Å². The van der Waals surface area contributed by atoms with Crippen LogP contribution in [0.3, 0.4) is 0 Å². The normalized spacial score (nSPS) is 29.8. The van der Waals surface area contributed by atoms with Crippen molar-refractivity contribution in [1.82, 2.24) is 20.0 Å². The number of nitrogens with one attached hydrogen (secondary N) is 1. The number of nitrogens with zero attached hydrogens (tertiary/aromatic N) is 3. The number of hydrogen-bond acceptors (Lipinski definition) is 5. The zero-order valence-electron chi connectivity index (χ0n) is 12.8. The van der Waals surface area contributed by atoms with Gasteiger partial charge in [-0.05, 0) is 24.8 Å². The maximum absolute atomic E-state index is 9.88. The fourth-order valence-electron chi connectivity index (χ4n) is 3.78. The first-order valence-electron chi connectivity index (χ1n) is 7.93. The highest BCUT2D eigenvalue weighted by Crippen LogP contribution is 2.30. The van der Waals surface area contributed by atoms with Crippen LogP contribution >= 0.6 is 11.3 Å². The van der Waals surface area contributed by atoms with Crippen molar-refractivity contribution in [1.29, 1.82) is 0 Å². The molecule has 3 atom stereocenters. The molecule has 22 heavy (non-hydrogen) atoms. The van der Waals surface area contributed by atoms with E-state index in [1.54, 1.807) is 11.3 Å². The summed E-state index contributed by atoms with van der Waals surface area (Å²) >= 11 is 1.74. The van der Waals surface area contributed by atoms with Gasteiger partial charge in [-0.1, -0.05) is 6.07 Å². The minimum Gasteiger partial charge on any atom is -0.392 e. The van der Waals surface area contributed by atoms with Crippen molar-refractivity contribution in [3.63, 3.8) is 0 Å². The first-order valence-corrected chi connectivity index (χ1v) is 8.81. The predicted octanol–water partition coefficient (Wildman–Crippen LogP) is 1.78. The number of aromatic amines is 1. The van der Waals surface area contributed by atoms with E-state index in [1.165, 1.54) is 10.4 Å². The van der Waals surface area contributed by atoms with E-state index in [1.807, 2.05) is 6.20 Å². The van der Waals surface area contributed by atoms with Gasteiger partial charge in [0.25, 0.3) is 0 Å². The van der Waals surface area contributed by atoms with Crippen molar-refractivity contribution < 1.29 is 5.11 Å². The fourth-order valence-corrected chi connectivity index (χ4v) is 4.54. The maximum atomic E-state index is 9.88. The number of fused-ring (bicyclic) bond motifs is 1. The summed E-state index contributed by atoms with van der Waals surface area (Å²) < 4.78 is 0. The molecule has 2 aliphatic heterocycles. The Morgan fingerprint density at radius 1 is 1.41 bits per heavy atom. The number of aliphatic hydroxyl groups excluding tert-OH is 1. The Hall–Kier alpha value is -1.21. The van der Waals surface area contributed by atoms with E-state index in [4.69, 9.17) is 0 Å². The van der Waals surface area contributed by atoms with Crippen molar-refractivity contribution in [3.8, 4) is 10.6 Å². The Balaban J connectivity index is 1.51. The summed E-state index contributed by atoms with van der Waals surface area (Å²) in [6, 6.07) is 5.22. The number of piperazine rings is 1. The van der Waals surface area contributed by atoms with Crippen LogP contribution < -0.4 is 0 Å². The van der Waals surface area contributed by atoms with Crippen molar-refractivity contribution in [2.24, 2.45) is 0 Å². The Labute approximate surface area is 134 Å². The molecule has 2 saturated heterocycles. The highest BCUT2D eigenvalue weighted by Gasteiger charge is 2.38. The standard InChI is InChI=1S/C16H22N4OS/c1-11-7-20-10-14(21)5-13(20)9-19(11)8-12-6-17-18-16(12)15-3-2-4-22-15/h2-4,6,11,13-14,21H,5,7-10H2,1H3,(H,17,18)/t11-,13-,14+/m0/s1. The molecule has 6 heteroatoms. The molecule has 2 fully saturated rings. The monoisotopic (exact) mass is 318 g/mol. The lowest BCUT2D eigenvalue weighted by Crippen LogP contribution is -2.54. The minimum atomic E-state index is -0.146. The summed E-state index contributed by atoms with van der Waals surface area (Å²) in [6.45, 7) is 6.13. The van der Waals surface area contributed by atoms with Gasteiger partial charge in [-0.25, -0.2) is 0 Å². The fraction of sp³-hybridized carbons (Fsp3) is 0.562. The maximum Gasteiger partial charge on any atom is 0.0794 e. The summed E-state index contributed by atoms with van der Waals surface area (Å²) in [5, 5.41) is 19.4. The molecule has 0 amide bonds. The molecule has 2 aromatic heterocycles. The van der Waals surface area contributed by atoms with Crippen LogP contribution in [0.1, 0.15) is 18.9 Å². The van der Waals surface area contributed by atoms with E-state index in [2.05, 4.69) is 44.4 Å². The minimum absolute atomic E-state index is 0.146. The second kappa shape index (κ2) is 5.77. The summed E-state index contributed by atoms with van der Waals surface area (Å²) in [7, 11) is 0. The Kier molecular flexibility index (Phi) is 3.78. The predicted molar refractivity (Wildman–Crippen MR) is 87.8 cm³/mol. The van der Waals surface area contributed by atoms with Crippen LogP contribution in [0.5, 0.6) is 0 Å². The van der Waals surface area contributed by atoms with Gasteiger partial charge in [-0.3, -0.25) is 14.9 Å². The van der Waals surface area contributed by atoms with Crippen LogP contribution in [0.4, 0.5) is 0 Å². The first kappa shape index (κ1) is 14.4. The third-order valence-electron chi connectivity index (χ3n) is 4.93. The molecule has 2 aromatic rings. The van der Waals surface area contributed by atoms with Crippen molar-refractivity contribution >= 4 is 11.3 Å². The molecule has 0 radical (unpaired) electrons. The first-order chi connectivity index (χ1) is 10.7. The Bertz CT molecular complexity index is 626. The van der Waals surface area contributed by atoms with Crippen LogP contribution in [0.15, 0.2) is 23.7 Å². The molecule has 0 aromatic carbocycles. The van der Waals surface area contributed by atoms with Gasteiger partial charge in [0.05, 0.1) is 22.9 Å². The quantitative estimate of drug-likeness (QED) is 0.906. The van der Waals surface area contributed by atoms with Crippen LogP contribution in [-0.2, 0) is 6.54 Å². The molecular weight excluding hydrogens is 296 g/mol. The number of aliphatic hydroxyl groups is 1. The average molecular weight is 318 g/mol. The van der Waals surface area contributed by atoms with Crippen LogP contribution in [-0.4, -0.2) is 62.9 Å². The molecule has 4 rings (SSSR count). The second-order valence-corrected chi connectivity index (χ2v) is 7.47. The SMILES string of the molecule is C[C@H]1CN2C[C@H](O)C[C@H]2CN1Cc1cn[nH]c1-c1cccs1. The molecule has 0 saturated carbocycles. The zero-order valence-corrected chi connectivity index (χ0v) is 13.6. The van der Waals surface area contributed by atoms with Crippen molar-refractivity contribution in [2.45, 2.75) is 38.1 Å². The van der Waals surface area contributed by atoms with E-state index < -0.39 is 0 Å². The number of thiophene rings is 1. The Morgan fingerprint density at radius 2 is 2.32 bits per heavy atom. The summed E-state index contributed by atoms with van der Waals surface area (Å²) in [6.07, 6.45) is 2.72. The molecular formula is C16H22N4OS. The molecule has 4 heterocycles. The molecule has 0 aliphatic carbocycles.